The third kappa shape index (κ3) is 4.88. The number of hydrogen-bond acceptors (Lipinski definition) is 3. The molecule has 1 spiro atoms. The molecule has 0 saturated heterocycles. The Morgan fingerprint density at radius 1 is 1.08 bits per heavy atom. The third-order valence-corrected chi connectivity index (χ3v) is 7.81. The Kier molecular flexibility index (Phi) is 6.34. The van der Waals surface area contributed by atoms with Gasteiger partial charge in [0.15, 0.2) is 0 Å². The first-order valence-electron chi connectivity index (χ1n) is 12.3. The number of urea groups is 1. The van der Waals surface area contributed by atoms with E-state index in [1.807, 2.05) is 24.3 Å². The van der Waals surface area contributed by atoms with E-state index in [-0.39, 0.29) is 29.3 Å². The van der Waals surface area contributed by atoms with Gasteiger partial charge in [-0.1, -0.05) is 18.2 Å². The van der Waals surface area contributed by atoms with E-state index >= 15 is 0 Å². The number of rotatable bonds is 5. The summed E-state index contributed by atoms with van der Waals surface area (Å²) in [6, 6.07) is 11.1. The van der Waals surface area contributed by atoms with Gasteiger partial charge in [-0.2, -0.15) is 13.2 Å². The summed E-state index contributed by atoms with van der Waals surface area (Å²) in [7, 11) is 1.60. The summed E-state index contributed by atoms with van der Waals surface area (Å²) in [5.74, 6) is 0.515. The first-order valence-corrected chi connectivity index (χ1v) is 12.3. The molecule has 3 amide bonds. The number of nitrogens with zero attached hydrogens (tertiary/aromatic N) is 1. The highest BCUT2D eigenvalue weighted by molar-refractivity contribution is 5.97. The molecule has 0 aromatic heterocycles. The number of aryl methyl sites for hydroxylation is 1. The molecule has 9 heteroatoms. The van der Waals surface area contributed by atoms with Gasteiger partial charge in [0.2, 0.25) is 5.91 Å². The molecule has 2 fully saturated rings. The molecular formula is C27H30F3N3O3. The fourth-order valence-electron chi connectivity index (χ4n) is 5.94. The maximum atomic E-state index is 13.2. The molecule has 2 aromatic rings. The third-order valence-electron chi connectivity index (χ3n) is 7.81. The van der Waals surface area contributed by atoms with Crippen LogP contribution < -0.4 is 20.3 Å². The van der Waals surface area contributed by atoms with Crippen molar-refractivity contribution in [1.82, 2.24) is 10.6 Å². The lowest BCUT2D eigenvalue weighted by Gasteiger charge is -2.57. The average molecular weight is 502 g/mol. The number of methoxy groups -OCH3 is 1. The molecule has 0 unspecified atom stereocenters. The van der Waals surface area contributed by atoms with Crippen LogP contribution in [0.1, 0.15) is 48.8 Å². The van der Waals surface area contributed by atoms with Gasteiger partial charge in [0, 0.05) is 30.7 Å². The first-order chi connectivity index (χ1) is 17.2. The number of fused-ring (bicyclic) bond motifs is 1. The summed E-state index contributed by atoms with van der Waals surface area (Å²) in [6.45, 7) is 0.868. The Balaban J connectivity index is 1.10. The Labute approximate surface area is 208 Å². The number of anilines is 1. The van der Waals surface area contributed by atoms with Crippen LogP contribution in [0.15, 0.2) is 42.5 Å². The van der Waals surface area contributed by atoms with Crippen LogP contribution in [0.25, 0.3) is 0 Å². The minimum absolute atomic E-state index is 0.0562. The van der Waals surface area contributed by atoms with Gasteiger partial charge < -0.3 is 20.3 Å². The molecule has 36 heavy (non-hydrogen) atoms. The monoisotopic (exact) mass is 501 g/mol. The molecule has 0 atom stereocenters. The highest BCUT2D eigenvalue weighted by Gasteiger charge is 2.55. The molecule has 0 radical (unpaired) electrons. The molecule has 192 valence electrons. The van der Waals surface area contributed by atoms with Crippen molar-refractivity contribution in [2.45, 2.75) is 57.3 Å². The fraction of sp³-hybridized carbons (Fsp3) is 0.481. The molecule has 6 nitrogen and oxygen atoms in total. The SMILES string of the molecule is COc1ccc(CNC(=O)NC2CC3(C2)CC(C(=O)N2CCCc4ccc(C(F)(F)F)cc42)C3)cc1. The maximum absolute atomic E-state index is 13.2. The summed E-state index contributed by atoms with van der Waals surface area (Å²) in [6.07, 6.45) is 0.0869. The van der Waals surface area contributed by atoms with E-state index in [1.54, 1.807) is 12.0 Å². The van der Waals surface area contributed by atoms with E-state index in [4.69, 9.17) is 4.74 Å². The lowest BCUT2D eigenvalue weighted by molar-refractivity contribution is -0.138. The number of hydrogen-bond donors (Lipinski definition) is 2. The largest absolute Gasteiger partial charge is 0.497 e. The standard InChI is InChI=1S/C27H30F3N3O3/c1-36-22-8-4-17(5-9-22)16-31-25(35)32-21-14-26(15-21)12-19(13-26)24(34)33-10-2-3-18-6-7-20(11-23(18)33)27(28,29)30/h4-9,11,19,21H,2-3,10,12-16H2,1H3,(H2,31,32,35). The van der Waals surface area contributed by atoms with Gasteiger partial charge in [0.25, 0.3) is 0 Å². The highest BCUT2D eigenvalue weighted by atomic mass is 19.4. The van der Waals surface area contributed by atoms with E-state index < -0.39 is 11.7 Å². The van der Waals surface area contributed by atoms with Gasteiger partial charge in [0.1, 0.15) is 5.75 Å². The molecule has 2 aromatic carbocycles. The molecular weight excluding hydrogens is 471 g/mol. The van der Waals surface area contributed by atoms with Crippen molar-refractivity contribution in [1.29, 1.82) is 0 Å². The zero-order chi connectivity index (χ0) is 25.5. The fourth-order valence-corrected chi connectivity index (χ4v) is 5.94. The molecule has 2 saturated carbocycles. The first kappa shape index (κ1) is 24.5. The Morgan fingerprint density at radius 3 is 2.47 bits per heavy atom. The van der Waals surface area contributed by atoms with Gasteiger partial charge in [-0.05, 0) is 79.3 Å². The number of alkyl halides is 3. The van der Waals surface area contributed by atoms with Gasteiger partial charge in [-0.3, -0.25) is 4.79 Å². The number of carbonyl (C=O) groups is 2. The summed E-state index contributed by atoms with van der Waals surface area (Å²) in [4.78, 5) is 27.0. The predicted octanol–water partition coefficient (Wildman–Crippen LogP) is 5.05. The van der Waals surface area contributed by atoms with Crippen molar-refractivity contribution >= 4 is 17.6 Å². The number of benzene rings is 2. The van der Waals surface area contributed by atoms with E-state index in [9.17, 15) is 22.8 Å². The molecule has 1 heterocycles. The number of ether oxygens (including phenoxy) is 1. The zero-order valence-electron chi connectivity index (χ0n) is 20.2. The van der Waals surface area contributed by atoms with Crippen LogP contribution in [0.3, 0.4) is 0 Å². The molecule has 2 aliphatic carbocycles. The topological polar surface area (TPSA) is 70.7 Å². The number of halogens is 3. The lowest BCUT2D eigenvalue weighted by Crippen LogP contribution is -2.59. The number of carbonyl (C=O) groups excluding carboxylic acids is 2. The number of amides is 3. The van der Waals surface area contributed by atoms with Crippen molar-refractivity contribution in [3.05, 3.63) is 59.2 Å². The van der Waals surface area contributed by atoms with E-state index in [1.165, 1.54) is 6.07 Å². The van der Waals surface area contributed by atoms with Crippen molar-refractivity contribution < 1.29 is 27.5 Å². The average Bonchev–Trinajstić information content (AvgIpc) is 2.82. The van der Waals surface area contributed by atoms with Crippen LogP contribution in [0.4, 0.5) is 23.7 Å². The van der Waals surface area contributed by atoms with Crippen LogP contribution in [-0.2, 0) is 23.9 Å². The summed E-state index contributed by atoms with van der Waals surface area (Å²) in [5, 5.41) is 5.86. The Bertz CT molecular complexity index is 1140. The minimum Gasteiger partial charge on any atom is -0.497 e. The van der Waals surface area contributed by atoms with Crippen LogP contribution in [0, 0.1) is 11.3 Å². The second-order valence-electron chi connectivity index (χ2n) is 10.3. The van der Waals surface area contributed by atoms with Crippen LogP contribution in [0.5, 0.6) is 5.75 Å². The van der Waals surface area contributed by atoms with Gasteiger partial charge in [-0.15, -0.1) is 0 Å². The van der Waals surface area contributed by atoms with E-state index in [0.717, 1.165) is 61.1 Å². The second kappa shape index (κ2) is 9.33. The zero-order valence-corrected chi connectivity index (χ0v) is 20.2. The smallest absolute Gasteiger partial charge is 0.416 e. The van der Waals surface area contributed by atoms with Gasteiger partial charge in [0.05, 0.1) is 12.7 Å². The maximum Gasteiger partial charge on any atom is 0.416 e. The molecule has 0 bridgehead atoms. The van der Waals surface area contributed by atoms with Crippen LogP contribution >= 0.6 is 0 Å². The van der Waals surface area contributed by atoms with Crippen LogP contribution in [0.2, 0.25) is 0 Å². The molecule has 1 aliphatic heterocycles. The number of nitrogens with one attached hydrogen (secondary N) is 2. The minimum atomic E-state index is -4.43. The molecule has 5 rings (SSSR count). The Morgan fingerprint density at radius 2 is 1.81 bits per heavy atom. The van der Waals surface area contributed by atoms with E-state index in [2.05, 4.69) is 10.6 Å². The molecule has 2 N–H and O–H groups in total. The van der Waals surface area contributed by atoms with Gasteiger partial charge in [-0.25, -0.2) is 4.79 Å². The van der Waals surface area contributed by atoms with Crippen LogP contribution in [-0.4, -0.2) is 31.6 Å². The second-order valence-corrected chi connectivity index (χ2v) is 10.3. The Hall–Kier alpha value is -3.23. The summed E-state index contributed by atoms with van der Waals surface area (Å²) < 4.78 is 44.8. The highest BCUT2D eigenvalue weighted by Crippen LogP contribution is 2.59. The lowest BCUT2D eigenvalue weighted by atomic mass is 9.49. The predicted molar refractivity (Wildman–Crippen MR) is 129 cm³/mol. The summed E-state index contributed by atoms with van der Waals surface area (Å²) >= 11 is 0. The van der Waals surface area contributed by atoms with Crippen molar-refractivity contribution in [3.8, 4) is 5.75 Å². The summed E-state index contributed by atoms with van der Waals surface area (Å²) in [5.41, 5.74) is 1.51. The van der Waals surface area contributed by atoms with Crippen molar-refractivity contribution in [2.75, 3.05) is 18.6 Å². The quantitative estimate of drug-likeness (QED) is 0.602. The molecule has 3 aliphatic rings. The van der Waals surface area contributed by atoms with Crippen molar-refractivity contribution in [3.63, 3.8) is 0 Å². The van der Waals surface area contributed by atoms with E-state index in [0.29, 0.717) is 25.2 Å². The van der Waals surface area contributed by atoms with Crippen molar-refractivity contribution in [2.24, 2.45) is 11.3 Å². The normalized spacial score (nSPS) is 24.8. The van der Waals surface area contributed by atoms with Gasteiger partial charge >= 0.3 is 12.2 Å².